The van der Waals surface area contributed by atoms with Crippen molar-refractivity contribution in [1.29, 1.82) is 0 Å². The summed E-state index contributed by atoms with van der Waals surface area (Å²) in [5.41, 5.74) is 12.1. The van der Waals surface area contributed by atoms with Crippen molar-refractivity contribution < 1.29 is 5.11 Å². The van der Waals surface area contributed by atoms with Crippen LogP contribution in [0.5, 0.6) is 5.75 Å². The minimum absolute atomic E-state index is 0.217. The number of nitrogen functional groups attached to an aromatic ring is 1. The van der Waals surface area contributed by atoms with Crippen LogP contribution < -0.4 is 11.5 Å². The Kier molecular flexibility index (Phi) is 2.71. The van der Waals surface area contributed by atoms with E-state index in [2.05, 4.69) is 0 Å². The summed E-state index contributed by atoms with van der Waals surface area (Å²) in [5, 5.41) is 9.31. The number of hydrogen-bond acceptors (Lipinski definition) is 3. The minimum atomic E-state index is 0.217. The lowest BCUT2D eigenvalue weighted by Crippen LogP contribution is -1.92. The smallest absolute Gasteiger partial charge is 0.122 e. The number of hydrogen-bond donors (Lipinski definition) is 3. The van der Waals surface area contributed by atoms with Gasteiger partial charge in [-0.2, -0.15) is 0 Å². The third kappa shape index (κ3) is 2.00. The molecular formula is C9H12N2O. The van der Waals surface area contributed by atoms with Crippen LogP contribution >= 0.6 is 0 Å². The highest BCUT2D eigenvalue weighted by molar-refractivity contribution is 5.62. The fourth-order valence-electron chi connectivity index (χ4n) is 0.901. The van der Waals surface area contributed by atoms with Crippen LogP contribution in [0, 0.1) is 0 Å². The van der Waals surface area contributed by atoms with Gasteiger partial charge in [-0.15, -0.1) is 0 Å². The van der Waals surface area contributed by atoms with E-state index in [0.717, 1.165) is 0 Å². The maximum absolute atomic E-state index is 9.31. The first kappa shape index (κ1) is 8.62. The number of phenols is 1. The Morgan fingerprint density at radius 1 is 1.42 bits per heavy atom. The van der Waals surface area contributed by atoms with E-state index in [1.165, 1.54) is 0 Å². The van der Waals surface area contributed by atoms with Gasteiger partial charge < -0.3 is 16.6 Å². The van der Waals surface area contributed by atoms with Gasteiger partial charge in [-0.05, 0) is 18.2 Å². The molecule has 0 unspecified atom stereocenters. The third-order valence-electron chi connectivity index (χ3n) is 1.49. The van der Waals surface area contributed by atoms with Gasteiger partial charge in [0.1, 0.15) is 5.75 Å². The second-order valence-electron chi connectivity index (χ2n) is 2.46. The van der Waals surface area contributed by atoms with Crippen LogP contribution in [-0.4, -0.2) is 11.7 Å². The largest absolute Gasteiger partial charge is 0.507 e. The molecule has 0 aliphatic carbocycles. The predicted octanol–water partition coefficient (Wildman–Crippen LogP) is 0.946. The van der Waals surface area contributed by atoms with Gasteiger partial charge in [0.25, 0.3) is 0 Å². The zero-order chi connectivity index (χ0) is 8.97. The van der Waals surface area contributed by atoms with Gasteiger partial charge in [0.05, 0.1) is 0 Å². The van der Waals surface area contributed by atoms with Gasteiger partial charge in [0.15, 0.2) is 0 Å². The number of rotatable bonds is 2. The number of nitrogens with two attached hydrogens (primary N) is 2. The summed E-state index contributed by atoms with van der Waals surface area (Å²) < 4.78 is 0. The Hall–Kier alpha value is -1.48. The Labute approximate surface area is 71.3 Å². The van der Waals surface area contributed by atoms with E-state index in [0.29, 0.717) is 17.8 Å². The molecule has 0 fully saturated rings. The van der Waals surface area contributed by atoms with E-state index < -0.39 is 0 Å². The Morgan fingerprint density at radius 2 is 2.17 bits per heavy atom. The molecule has 3 heteroatoms. The molecule has 0 aliphatic rings. The lowest BCUT2D eigenvalue weighted by molar-refractivity contribution is 0.474. The zero-order valence-electron chi connectivity index (χ0n) is 6.70. The molecule has 0 aromatic heterocycles. The quantitative estimate of drug-likeness (QED) is 0.450. The second-order valence-corrected chi connectivity index (χ2v) is 2.46. The molecule has 0 atom stereocenters. The summed E-state index contributed by atoms with van der Waals surface area (Å²) in [6, 6.07) is 4.90. The first-order chi connectivity index (χ1) is 5.74. The molecule has 1 aromatic carbocycles. The number of benzene rings is 1. The van der Waals surface area contributed by atoms with Gasteiger partial charge in [0.2, 0.25) is 0 Å². The van der Waals surface area contributed by atoms with Crippen molar-refractivity contribution in [3.05, 3.63) is 29.8 Å². The van der Waals surface area contributed by atoms with Crippen molar-refractivity contribution in [1.82, 2.24) is 0 Å². The van der Waals surface area contributed by atoms with Gasteiger partial charge in [-0.3, -0.25) is 0 Å². The molecule has 0 spiro atoms. The zero-order valence-corrected chi connectivity index (χ0v) is 6.70. The molecule has 0 aliphatic heterocycles. The van der Waals surface area contributed by atoms with Crippen LogP contribution in [0.2, 0.25) is 0 Å². The summed E-state index contributed by atoms with van der Waals surface area (Å²) in [6.07, 6.45) is 3.50. The first-order valence-corrected chi connectivity index (χ1v) is 3.69. The Balaban J connectivity index is 2.97. The molecule has 0 radical (unpaired) electrons. The first-order valence-electron chi connectivity index (χ1n) is 3.69. The molecule has 1 rings (SSSR count). The van der Waals surface area contributed by atoms with Crippen LogP contribution in [-0.2, 0) is 0 Å². The maximum Gasteiger partial charge on any atom is 0.122 e. The molecule has 64 valence electrons. The van der Waals surface area contributed by atoms with Gasteiger partial charge in [-0.25, -0.2) is 0 Å². The van der Waals surface area contributed by atoms with Crippen LogP contribution in [0.4, 0.5) is 5.69 Å². The second kappa shape index (κ2) is 3.78. The molecule has 12 heavy (non-hydrogen) atoms. The summed E-state index contributed by atoms with van der Waals surface area (Å²) in [5.74, 6) is 0.217. The molecule has 3 nitrogen and oxygen atoms in total. The molecule has 1 aromatic rings. The number of phenolic OH excluding ortho intramolecular Hbond substituents is 1. The molecule has 5 N–H and O–H groups in total. The summed E-state index contributed by atoms with van der Waals surface area (Å²) in [7, 11) is 0. The highest BCUT2D eigenvalue weighted by atomic mass is 16.3. The average molecular weight is 164 g/mol. The molecule has 0 bridgehead atoms. The highest BCUT2D eigenvalue weighted by Crippen LogP contribution is 2.20. The van der Waals surface area contributed by atoms with Gasteiger partial charge in [-0.1, -0.05) is 12.2 Å². The lowest BCUT2D eigenvalue weighted by Gasteiger charge is -1.99. The maximum atomic E-state index is 9.31. The fraction of sp³-hybridized carbons (Fsp3) is 0.111. The predicted molar refractivity (Wildman–Crippen MR) is 50.6 cm³/mol. The molecular weight excluding hydrogens is 152 g/mol. The van der Waals surface area contributed by atoms with Crippen molar-refractivity contribution in [2.45, 2.75) is 0 Å². The molecule has 0 heterocycles. The highest BCUT2D eigenvalue weighted by Gasteiger charge is 1.95. The topological polar surface area (TPSA) is 72.3 Å². The summed E-state index contributed by atoms with van der Waals surface area (Å²) in [6.45, 7) is 0.453. The van der Waals surface area contributed by atoms with Crippen LogP contribution in [0.3, 0.4) is 0 Å². The average Bonchev–Trinajstić information content (AvgIpc) is 2.07. The van der Waals surface area contributed by atoms with E-state index in [1.54, 1.807) is 30.4 Å². The van der Waals surface area contributed by atoms with Crippen LogP contribution in [0.1, 0.15) is 5.56 Å². The van der Waals surface area contributed by atoms with Gasteiger partial charge >= 0.3 is 0 Å². The molecule has 0 saturated carbocycles. The molecule has 0 amide bonds. The fourth-order valence-corrected chi connectivity index (χ4v) is 0.901. The number of anilines is 1. The van der Waals surface area contributed by atoms with Crippen molar-refractivity contribution in [2.24, 2.45) is 5.73 Å². The van der Waals surface area contributed by atoms with E-state index >= 15 is 0 Å². The van der Waals surface area contributed by atoms with Crippen molar-refractivity contribution in [3.8, 4) is 5.75 Å². The van der Waals surface area contributed by atoms with Crippen molar-refractivity contribution >= 4 is 11.8 Å². The van der Waals surface area contributed by atoms with Crippen LogP contribution in [0.15, 0.2) is 24.3 Å². The standard InChI is InChI=1S/C9H12N2O/c10-5-1-2-7-6-8(11)3-4-9(7)12/h1-4,6,12H,5,10-11H2. The van der Waals surface area contributed by atoms with E-state index in [4.69, 9.17) is 11.5 Å². The minimum Gasteiger partial charge on any atom is -0.507 e. The SMILES string of the molecule is NCC=Cc1cc(N)ccc1O. The summed E-state index contributed by atoms with van der Waals surface area (Å²) in [4.78, 5) is 0. The lowest BCUT2D eigenvalue weighted by atomic mass is 10.1. The number of aromatic hydroxyl groups is 1. The third-order valence-corrected chi connectivity index (χ3v) is 1.49. The normalized spacial score (nSPS) is 10.8. The van der Waals surface area contributed by atoms with Crippen molar-refractivity contribution in [2.75, 3.05) is 12.3 Å². The van der Waals surface area contributed by atoms with Crippen molar-refractivity contribution in [3.63, 3.8) is 0 Å². The van der Waals surface area contributed by atoms with E-state index in [1.807, 2.05) is 0 Å². The Morgan fingerprint density at radius 3 is 2.83 bits per heavy atom. The van der Waals surface area contributed by atoms with Crippen LogP contribution in [0.25, 0.3) is 6.08 Å². The summed E-state index contributed by atoms with van der Waals surface area (Å²) >= 11 is 0. The van der Waals surface area contributed by atoms with E-state index in [9.17, 15) is 5.11 Å². The Bertz CT molecular complexity index is 295. The van der Waals surface area contributed by atoms with E-state index in [-0.39, 0.29) is 5.75 Å². The monoisotopic (exact) mass is 164 g/mol. The van der Waals surface area contributed by atoms with Gasteiger partial charge in [0, 0.05) is 17.8 Å². The molecule has 0 saturated heterocycles.